The SMILES string of the molecule is CCCCC(C(=O)O)n1cnc2cc(F)c(F)cc21. The molecule has 6 heteroatoms. The molecule has 2 aromatic rings. The Morgan fingerprint density at radius 3 is 2.74 bits per heavy atom. The highest BCUT2D eigenvalue weighted by Gasteiger charge is 2.21. The molecule has 0 saturated carbocycles. The van der Waals surface area contributed by atoms with E-state index >= 15 is 0 Å². The fourth-order valence-corrected chi connectivity index (χ4v) is 2.05. The summed E-state index contributed by atoms with van der Waals surface area (Å²) < 4.78 is 27.7. The maximum Gasteiger partial charge on any atom is 0.326 e. The summed E-state index contributed by atoms with van der Waals surface area (Å²) in [5, 5.41) is 9.24. The number of nitrogens with zero attached hydrogens (tertiary/aromatic N) is 2. The van der Waals surface area contributed by atoms with Crippen LogP contribution in [0.15, 0.2) is 18.5 Å². The van der Waals surface area contributed by atoms with E-state index in [0.29, 0.717) is 11.9 Å². The van der Waals surface area contributed by atoms with Crippen molar-refractivity contribution in [2.45, 2.75) is 32.2 Å². The predicted molar refractivity (Wildman–Crippen MR) is 65.8 cm³/mol. The van der Waals surface area contributed by atoms with Crippen LogP contribution in [0.4, 0.5) is 8.78 Å². The molecular weight excluding hydrogens is 254 g/mol. The third-order valence-corrected chi connectivity index (χ3v) is 3.07. The molecule has 0 saturated heterocycles. The van der Waals surface area contributed by atoms with Crippen LogP contribution in [0.3, 0.4) is 0 Å². The second kappa shape index (κ2) is 5.34. The third-order valence-electron chi connectivity index (χ3n) is 3.07. The number of carboxylic acids is 1. The molecule has 0 aliphatic heterocycles. The fraction of sp³-hybridized carbons (Fsp3) is 0.385. The maximum atomic E-state index is 13.3. The molecule has 1 unspecified atom stereocenters. The van der Waals surface area contributed by atoms with Gasteiger partial charge in [0.1, 0.15) is 6.04 Å². The zero-order chi connectivity index (χ0) is 14.0. The van der Waals surface area contributed by atoms with Crippen LogP contribution in [0.1, 0.15) is 32.2 Å². The molecule has 4 nitrogen and oxygen atoms in total. The lowest BCUT2D eigenvalue weighted by Gasteiger charge is -2.14. The van der Waals surface area contributed by atoms with Crippen molar-refractivity contribution in [2.24, 2.45) is 0 Å². The van der Waals surface area contributed by atoms with Crippen LogP contribution in [0.5, 0.6) is 0 Å². The molecule has 2 rings (SSSR count). The van der Waals surface area contributed by atoms with Crippen LogP contribution < -0.4 is 0 Å². The van der Waals surface area contributed by atoms with Crippen LogP contribution in [-0.2, 0) is 4.79 Å². The second-order valence-electron chi connectivity index (χ2n) is 4.40. The molecule has 1 aromatic heterocycles. The lowest BCUT2D eigenvalue weighted by atomic mass is 10.1. The predicted octanol–water partition coefficient (Wildman–Crippen LogP) is 3.13. The zero-order valence-electron chi connectivity index (χ0n) is 10.4. The highest BCUT2D eigenvalue weighted by atomic mass is 19.2. The number of benzene rings is 1. The van der Waals surface area contributed by atoms with E-state index in [2.05, 4.69) is 4.98 Å². The molecule has 1 atom stereocenters. The van der Waals surface area contributed by atoms with Crippen molar-refractivity contribution in [1.29, 1.82) is 0 Å². The second-order valence-corrected chi connectivity index (χ2v) is 4.40. The van der Waals surface area contributed by atoms with Crippen molar-refractivity contribution >= 4 is 17.0 Å². The van der Waals surface area contributed by atoms with Gasteiger partial charge in [-0.1, -0.05) is 19.8 Å². The number of carboxylic acid groups (broad SMARTS) is 1. The molecule has 0 aliphatic rings. The van der Waals surface area contributed by atoms with Gasteiger partial charge in [0.2, 0.25) is 0 Å². The quantitative estimate of drug-likeness (QED) is 0.906. The van der Waals surface area contributed by atoms with Crippen molar-refractivity contribution in [3.63, 3.8) is 0 Å². The molecule has 0 spiro atoms. The zero-order valence-corrected chi connectivity index (χ0v) is 10.4. The van der Waals surface area contributed by atoms with Crippen molar-refractivity contribution in [1.82, 2.24) is 9.55 Å². The standard InChI is InChI=1S/C13H14F2N2O2/c1-2-3-4-11(13(18)19)17-7-16-10-5-8(14)9(15)6-12(10)17/h5-7,11H,2-4H2,1H3,(H,18,19). The van der Waals surface area contributed by atoms with Crippen LogP contribution in [0.2, 0.25) is 0 Å². The van der Waals surface area contributed by atoms with Crippen LogP contribution in [0.25, 0.3) is 11.0 Å². The van der Waals surface area contributed by atoms with Crippen molar-refractivity contribution in [3.8, 4) is 0 Å². The average Bonchev–Trinajstić information content (AvgIpc) is 2.73. The molecule has 19 heavy (non-hydrogen) atoms. The van der Waals surface area contributed by atoms with E-state index in [9.17, 15) is 18.7 Å². The van der Waals surface area contributed by atoms with Gasteiger partial charge in [-0.15, -0.1) is 0 Å². The summed E-state index contributed by atoms with van der Waals surface area (Å²) in [6, 6.07) is 1.15. The largest absolute Gasteiger partial charge is 0.480 e. The molecular formula is C13H14F2N2O2. The van der Waals surface area contributed by atoms with Gasteiger partial charge in [0.25, 0.3) is 0 Å². The monoisotopic (exact) mass is 268 g/mol. The summed E-state index contributed by atoms with van der Waals surface area (Å²) in [6.45, 7) is 1.96. The normalized spacial score (nSPS) is 12.8. The molecule has 0 aliphatic carbocycles. The van der Waals surface area contributed by atoms with Crippen molar-refractivity contribution in [3.05, 3.63) is 30.1 Å². The van der Waals surface area contributed by atoms with Gasteiger partial charge >= 0.3 is 5.97 Å². The number of fused-ring (bicyclic) bond motifs is 1. The van der Waals surface area contributed by atoms with Gasteiger partial charge in [-0.2, -0.15) is 0 Å². The average molecular weight is 268 g/mol. The molecule has 102 valence electrons. The molecule has 0 radical (unpaired) electrons. The Labute approximate surface area is 108 Å². The lowest BCUT2D eigenvalue weighted by Crippen LogP contribution is -2.18. The molecule has 1 aromatic carbocycles. The first kappa shape index (κ1) is 13.5. The van der Waals surface area contributed by atoms with Crippen LogP contribution in [0, 0.1) is 11.6 Å². The van der Waals surface area contributed by atoms with E-state index in [1.54, 1.807) is 0 Å². The number of hydrogen-bond donors (Lipinski definition) is 1. The van der Waals surface area contributed by atoms with Gasteiger partial charge in [-0.05, 0) is 6.42 Å². The number of halogens is 2. The minimum Gasteiger partial charge on any atom is -0.480 e. The summed E-state index contributed by atoms with van der Waals surface area (Å²) in [5.41, 5.74) is 0.545. The van der Waals surface area contributed by atoms with Crippen LogP contribution in [-0.4, -0.2) is 20.6 Å². The Balaban J connectivity index is 2.48. The van der Waals surface area contributed by atoms with Gasteiger partial charge < -0.3 is 9.67 Å². The van der Waals surface area contributed by atoms with E-state index in [4.69, 9.17) is 0 Å². The Bertz CT molecular complexity index is 610. The highest BCUT2D eigenvalue weighted by molar-refractivity contribution is 5.79. The van der Waals surface area contributed by atoms with E-state index < -0.39 is 23.6 Å². The maximum absolute atomic E-state index is 13.3. The first-order valence-corrected chi connectivity index (χ1v) is 6.09. The summed E-state index contributed by atoms with van der Waals surface area (Å²) in [4.78, 5) is 15.2. The summed E-state index contributed by atoms with van der Waals surface area (Å²) >= 11 is 0. The smallest absolute Gasteiger partial charge is 0.326 e. The van der Waals surface area contributed by atoms with Crippen molar-refractivity contribution in [2.75, 3.05) is 0 Å². The first-order chi connectivity index (χ1) is 9.04. The van der Waals surface area contributed by atoms with Gasteiger partial charge in [-0.3, -0.25) is 0 Å². The number of carbonyl (C=O) groups is 1. The highest BCUT2D eigenvalue weighted by Crippen LogP contribution is 2.24. The van der Waals surface area contributed by atoms with Crippen molar-refractivity contribution < 1.29 is 18.7 Å². The number of imidazole rings is 1. The third kappa shape index (κ3) is 2.57. The van der Waals surface area contributed by atoms with E-state index in [-0.39, 0.29) is 5.52 Å². The molecule has 1 heterocycles. The number of rotatable bonds is 5. The van der Waals surface area contributed by atoms with E-state index in [1.165, 1.54) is 10.9 Å². The summed E-state index contributed by atoms with van der Waals surface area (Å²) in [5.74, 6) is -3.00. The summed E-state index contributed by atoms with van der Waals surface area (Å²) in [6.07, 6.45) is 3.34. The number of unbranched alkanes of at least 4 members (excludes halogenated alkanes) is 1. The van der Waals surface area contributed by atoms with Gasteiger partial charge in [0.05, 0.1) is 17.4 Å². The van der Waals surface area contributed by atoms with Gasteiger partial charge in [0.15, 0.2) is 11.6 Å². The number of aliphatic carboxylic acids is 1. The number of hydrogen-bond acceptors (Lipinski definition) is 2. The van der Waals surface area contributed by atoms with Crippen LogP contribution >= 0.6 is 0 Å². The molecule has 1 N–H and O–H groups in total. The first-order valence-electron chi connectivity index (χ1n) is 6.09. The summed E-state index contributed by atoms with van der Waals surface area (Å²) in [7, 11) is 0. The van der Waals surface area contributed by atoms with E-state index in [1.807, 2.05) is 6.92 Å². The van der Waals surface area contributed by atoms with E-state index in [0.717, 1.165) is 25.0 Å². The lowest BCUT2D eigenvalue weighted by molar-refractivity contribution is -0.141. The molecule has 0 fully saturated rings. The Hall–Kier alpha value is -1.98. The Kier molecular flexibility index (Phi) is 3.78. The Morgan fingerprint density at radius 2 is 2.11 bits per heavy atom. The topological polar surface area (TPSA) is 55.1 Å². The fourth-order valence-electron chi connectivity index (χ4n) is 2.05. The Morgan fingerprint density at radius 1 is 1.42 bits per heavy atom. The minimum absolute atomic E-state index is 0.252. The minimum atomic E-state index is -1.01. The van der Waals surface area contributed by atoms with Gasteiger partial charge in [-0.25, -0.2) is 18.6 Å². The molecule has 0 amide bonds. The molecule has 0 bridgehead atoms. The number of aromatic nitrogens is 2. The van der Waals surface area contributed by atoms with Gasteiger partial charge in [0, 0.05) is 12.1 Å².